The van der Waals surface area contributed by atoms with E-state index in [1.54, 1.807) is 24.3 Å². The Kier molecular flexibility index (Phi) is 7.45. The average Bonchev–Trinajstić information content (AvgIpc) is 2.67. The largest absolute Gasteiger partial charge is 0.465 e. The first-order valence-electron chi connectivity index (χ1n) is 8.22. The maximum absolute atomic E-state index is 13.8. The predicted molar refractivity (Wildman–Crippen MR) is 99.3 cm³/mol. The molecule has 0 unspecified atom stereocenters. The SMILES string of the molecule is COC(=O)c1cc(NC(=O)CCCNC(=O)c2ccc(Cl)cc2)c(F)cc1F. The number of anilines is 1. The van der Waals surface area contributed by atoms with Gasteiger partial charge in [0.2, 0.25) is 5.91 Å². The summed E-state index contributed by atoms with van der Waals surface area (Å²) in [6.45, 7) is 0.216. The molecule has 0 atom stereocenters. The molecule has 2 aromatic rings. The summed E-state index contributed by atoms with van der Waals surface area (Å²) in [4.78, 5) is 35.3. The number of amides is 2. The van der Waals surface area contributed by atoms with Gasteiger partial charge in [-0.2, -0.15) is 0 Å². The number of carbonyl (C=O) groups is 3. The number of esters is 1. The zero-order chi connectivity index (χ0) is 20.7. The molecule has 148 valence electrons. The number of rotatable bonds is 7. The van der Waals surface area contributed by atoms with Crippen LogP contribution in [0, 0.1) is 11.6 Å². The molecule has 0 fully saturated rings. The third kappa shape index (κ3) is 5.75. The quantitative estimate of drug-likeness (QED) is 0.540. The Labute approximate surface area is 164 Å². The van der Waals surface area contributed by atoms with Crippen LogP contribution in [0.4, 0.5) is 14.5 Å². The molecule has 6 nitrogen and oxygen atoms in total. The van der Waals surface area contributed by atoms with Gasteiger partial charge in [-0.1, -0.05) is 11.6 Å². The van der Waals surface area contributed by atoms with Crippen LogP contribution in [0.15, 0.2) is 36.4 Å². The number of benzene rings is 2. The number of hydrogen-bond acceptors (Lipinski definition) is 4. The molecule has 0 aliphatic heterocycles. The molecule has 0 bridgehead atoms. The number of carbonyl (C=O) groups excluding carboxylic acids is 3. The molecule has 0 aliphatic rings. The third-order valence-electron chi connectivity index (χ3n) is 3.71. The second kappa shape index (κ2) is 9.80. The molecule has 0 saturated carbocycles. The molecule has 28 heavy (non-hydrogen) atoms. The van der Waals surface area contributed by atoms with Crippen molar-refractivity contribution in [1.82, 2.24) is 5.32 Å². The maximum atomic E-state index is 13.8. The molecule has 2 N–H and O–H groups in total. The minimum atomic E-state index is -1.09. The first kappa shape index (κ1) is 21.3. The van der Waals surface area contributed by atoms with Crippen LogP contribution >= 0.6 is 11.6 Å². The minimum absolute atomic E-state index is 0.0225. The highest BCUT2D eigenvalue weighted by molar-refractivity contribution is 6.30. The van der Waals surface area contributed by atoms with Crippen molar-refractivity contribution in [2.75, 3.05) is 19.0 Å². The van der Waals surface area contributed by atoms with Crippen molar-refractivity contribution in [2.45, 2.75) is 12.8 Å². The van der Waals surface area contributed by atoms with Crippen LogP contribution < -0.4 is 10.6 Å². The Morgan fingerprint density at radius 3 is 2.39 bits per heavy atom. The van der Waals surface area contributed by atoms with Crippen molar-refractivity contribution in [2.24, 2.45) is 0 Å². The molecule has 2 amide bonds. The maximum Gasteiger partial charge on any atom is 0.340 e. The fraction of sp³-hybridized carbons (Fsp3) is 0.211. The van der Waals surface area contributed by atoms with Gasteiger partial charge in [-0.25, -0.2) is 13.6 Å². The van der Waals surface area contributed by atoms with Gasteiger partial charge in [-0.05, 0) is 36.8 Å². The number of nitrogens with one attached hydrogen (secondary N) is 2. The summed E-state index contributed by atoms with van der Waals surface area (Å²) in [5.74, 6) is -3.97. The second-order valence-electron chi connectivity index (χ2n) is 5.72. The highest BCUT2D eigenvalue weighted by Crippen LogP contribution is 2.20. The zero-order valence-corrected chi connectivity index (χ0v) is 15.6. The van der Waals surface area contributed by atoms with Crippen molar-refractivity contribution in [1.29, 1.82) is 0 Å². The first-order valence-corrected chi connectivity index (χ1v) is 8.60. The topological polar surface area (TPSA) is 84.5 Å². The van der Waals surface area contributed by atoms with E-state index in [-0.39, 0.29) is 31.0 Å². The van der Waals surface area contributed by atoms with E-state index in [9.17, 15) is 23.2 Å². The van der Waals surface area contributed by atoms with Crippen molar-refractivity contribution in [3.63, 3.8) is 0 Å². The van der Waals surface area contributed by atoms with E-state index in [1.807, 2.05) is 0 Å². The normalized spacial score (nSPS) is 10.3. The Morgan fingerprint density at radius 2 is 1.75 bits per heavy atom. The molecule has 2 aromatic carbocycles. The molecule has 0 saturated heterocycles. The molecule has 2 rings (SSSR count). The van der Waals surface area contributed by atoms with Gasteiger partial charge in [0.05, 0.1) is 18.4 Å². The van der Waals surface area contributed by atoms with Gasteiger partial charge in [0.15, 0.2) is 0 Å². The summed E-state index contributed by atoms with van der Waals surface area (Å²) in [6.07, 6.45) is 0.267. The molecule has 9 heteroatoms. The van der Waals surface area contributed by atoms with Crippen molar-refractivity contribution < 1.29 is 27.9 Å². The lowest BCUT2D eigenvalue weighted by Crippen LogP contribution is -2.25. The third-order valence-corrected chi connectivity index (χ3v) is 3.96. The van der Waals surface area contributed by atoms with Gasteiger partial charge in [0.1, 0.15) is 11.6 Å². The highest BCUT2D eigenvalue weighted by atomic mass is 35.5. The molecule has 0 spiro atoms. The monoisotopic (exact) mass is 410 g/mol. The first-order chi connectivity index (χ1) is 13.3. The molecular weight excluding hydrogens is 394 g/mol. The average molecular weight is 411 g/mol. The highest BCUT2D eigenvalue weighted by Gasteiger charge is 2.17. The standard InChI is InChI=1S/C19H17ClF2N2O4/c1-28-19(27)13-9-16(15(22)10-14(13)21)24-17(25)3-2-8-23-18(26)11-4-6-12(20)7-5-11/h4-7,9-10H,2-3,8H2,1H3,(H,23,26)(H,24,25). The molecule has 0 aromatic heterocycles. The second-order valence-corrected chi connectivity index (χ2v) is 6.15. The van der Waals surface area contributed by atoms with Crippen molar-refractivity contribution in [3.05, 3.63) is 64.2 Å². The molecule has 0 aliphatic carbocycles. The fourth-order valence-corrected chi connectivity index (χ4v) is 2.40. The zero-order valence-electron chi connectivity index (χ0n) is 14.9. The Balaban J connectivity index is 1.85. The molecule has 0 heterocycles. The van der Waals surface area contributed by atoms with Gasteiger partial charge in [-0.3, -0.25) is 9.59 Å². The van der Waals surface area contributed by atoms with E-state index in [4.69, 9.17) is 11.6 Å². The van der Waals surface area contributed by atoms with Gasteiger partial charge in [0, 0.05) is 29.6 Å². The number of ether oxygens (including phenoxy) is 1. The van der Waals surface area contributed by atoms with Crippen LogP contribution in [0.3, 0.4) is 0 Å². The van der Waals surface area contributed by atoms with Crippen molar-refractivity contribution >= 4 is 35.1 Å². The summed E-state index contributed by atoms with van der Waals surface area (Å²) in [5, 5.41) is 5.42. The smallest absolute Gasteiger partial charge is 0.340 e. The molecular formula is C19H17ClF2N2O4. The van der Waals surface area contributed by atoms with E-state index < -0.39 is 29.1 Å². The number of halogens is 3. The summed E-state index contributed by atoms with van der Waals surface area (Å²) in [7, 11) is 1.06. The van der Waals surface area contributed by atoms with Crippen LogP contribution in [0.2, 0.25) is 5.02 Å². The Morgan fingerprint density at radius 1 is 1.07 bits per heavy atom. The molecule has 0 radical (unpaired) electrons. The van der Waals surface area contributed by atoms with Gasteiger partial charge >= 0.3 is 5.97 Å². The lowest BCUT2D eigenvalue weighted by Gasteiger charge is -2.09. The summed E-state index contributed by atoms with van der Waals surface area (Å²) in [6, 6.07) is 7.68. The fourth-order valence-electron chi connectivity index (χ4n) is 2.28. The Hall–Kier alpha value is -3.00. The van der Waals surface area contributed by atoms with Crippen LogP contribution in [0.25, 0.3) is 0 Å². The van der Waals surface area contributed by atoms with Crippen LogP contribution in [0.5, 0.6) is 0 Å². The van der Waals surface area contributed by atoms with E-state index in [1.165, 1.54) is 0 Å². The van der Waals surface area contributed by atoms with Gasteiger partial charge < -0.3 is 15.4 Å². The Bertz CT molecular complexity index is 888. The number of hydrogen-bond donors (Lipinski definition) is 2. The van der Waals surface area contributed by atoms with Crippen LogP contribution in [-0.4, -0.2) is 31.4 Å². The summed E-state index contributed by atoms with van der Waals surface area (Å²) in [5.41, 5.74) is -0.399. The summed E-state index contributed by atoms with van der Waals surface area (Å²) >= 11 is 5.75. The number of methoxy groups -OCH3 is 1. The van der Waals surface area contributed by atoms with E-state index in [0.717, 1.165) is 13.2 Å². The van der Waals surface area contributed by atoms with Crippen LogP contribution in [0.1, 0.15) is 33.6 Å². The van der Waals surface area contributed by atoms with E-state index in [0.29, 0.717) is 16.7 Å². The van der Waals surface area contributed by atoms with Crippen molar-refractivity contribution in [3.8, 4) is 0 Å². The lowest BCUT2D eigenvalue weighted by atomic mass is 10.1. The van der Waals surface area contributed by atoms with E-state index in [2.05, 4.69) is 15.4 Å². The summed E-state index contributed by atoms with van der Waals surface area (Å²) < 4.78 is 31.8. The van der Waals surface area contributed by atoms with Gasteiger partial charge in [-0.15, -0.1) is 0 Å². The minimum Gasteiger partial charge on any atom is -0.465 e. The van der Waals surface area contributed by atoms with Crippen LogP contribution in [-0.2, 0) is 9.53 Å². The lowest BCUT2D eigenvalue weighted by molar-refractivity contribution is -0.116. The predicted octanol–water partition coefficient (Wildman–Crippen LogP) is 3.55. The van der Waals surface area contributed by atoms with Gasteiger partial charge in [0.25, 0.3) is 5.91 Å². The van der Waals surface area contributed by atoms with E-state index >= 15 is 0 Å².